The van der Waals surface area contributed by atoms with Gasteiger partial charge in [-0.3, -0.25) is 4.79 Å². The van der Waals surface area contributed by atoms with E-state index in [4.69, 9.17) is 9.72 Å². The number of carbonyl (C=O) groups excluding carboxylic acids is 1. The van der Waals surface area contributed by atoms with Gasteiger partial charge < -0.3 is 14.5 Å². The highest BCUT2D eigenvalue weighted by Crippen LogP contribution is 2.39. The highest BCUT2D eigenvalue weighted by molar-refractivity contribution is 5.79. The molecule has 2 fully saturated rings. The predicted octanol–water partition coefficient (Wildman–Crippen LogP) is 4.49. The third-order valence-corrected chi connectivity index (χ3v) is 7.76. The van der Waals surface area contributed by atoms with Crippen LogP contribution in [0.3, 0.4) is 0 Å². The summed E-state index contributed by atoms with van der Waals surface area (Å²) >= 11 is 0. The molecule has 3 aliphatic rings. The van der Waals surface area contributed by atoms with Crippen LogP contribution in [0.4, 0.5) is 10.2 Å². The molecule has 7 heteroatoms. The number of aromatic nitrogens is 1. The van der Waals surface area contributed by atoms with E-state index in [9.17, 15) is 14.4 Å². The largest absolute Gasteiger partial charge is 0.376 e. The molecule has 1 aliphatic carbocycles. The fraction of sp³-hybridized carbons (Fsp3) is 0.536. The Morgan fingerprint density at radius 1 is 1.23 bits per heavy atom. The van der Waals surface area contributed by atoms with Crippen LogP contribution >= 0.6 is 0 Å². The van der Waals surface area contributed by atoms with Crippen molar-refractivity contribution in [2.24, 2.45) is 0 Å². The van der Waals surface area contributed by atoms with Crippen molar-refractivity contribution in [2.75, 3.05) is 31.1 Å². The number of benzene rings is 1. The summed E-state index contributed by atoms with van der Waals surface area (Å²) < 4.78 is 19.4. The van der Waals surface area contributed by atoms with Crippen molar-refractivity contribution in [1.29, 1.82) is 5.26 Å². The van der Waals surface area contributed by atoms with Gasteiger partial charge in [0.25, 0.3) is 0 Å². The maximum Gasteiger partial charge on any atom is 0.227 e. The summed E-state index contributed by atoms with van der Waals surface area (Å²) in [5.74, 6) is 0.881. The number of pyridine rings is 1. The zero-order valence-electron chi connectivity index (χ0n) is 20.4. The summed E-state index contributed by atoms with van der Waals surface area (Å²) in [6, 6.07) is 8.67. The Hall–Kier alpha value is -2.98. The van der Waals surface area contributed by atoms with Crippen LogP contribution in [0.1, 0.15) is 72.9 Å². The van der Waals surface area contributed by atoms with Gasteiger partial charge >= 0.3 is 0 Å². The minimum atomic E-state index is -0.324. The maximum atomic E-state index is 13.6. The number of nitriles is 1. The third-order valence-electron chi connectivity index (χ3n) is 7.76. The van der Waals surface area contributed by atoms with E-state index in [2.05, 4.69) is 11.0 Å². The predicted molar refractivity (Wildman–Crippen MR) is 132 cm³/mol. The maximum absolute atomic E-state index is 13.6. The van der Waals surface area contributed by atoms with Crippen molar-refractivity contribution in [3.8, 4) is 6.07 Å². The summed E-state index contributed by atoms with van der Waals surface area (Å²) in [4.78, 5) is 22.2. The third kappa shape index (κ3) is 4.90. The number of piperazine rings is 1. The number of hydrogen-bond donors (Lipinski definition) is 0. The zero-order chi connectivity index (χ0) is 24.4. The van der Waals surface area contributed by atoms with E-state index in [1.54, 1.807) is 12.1 Å². The first kappa shape index (κ1) is 23.7. The van der Waals surface area contributed by atoms with Crippen LogP contribution < -0.4 is 4.90 Å². The van der Waals surface area contributed by atoms with Gasteiger partial charge in [0, 0.05) is 37.2 Å². The lowest BCUT2D eigenvalue weighted by Gasteiger charge is -2.41. The van der Waals surface area contributed by atoms with E-state index in [1.165, 1.54) is 31.4 Å². The molecule has 3 heterocycles. The van der Waals surface area contributed by atoms with E-state index in [0.29, 0.717) is 49.9 Å². The second-order valence-corrected chi connectivity index (χ2v) is 10.1. The number of halogens is 1. The average molecular weight is 477 g/mol. The molecule has 1 saturated carbocycles. The second-order valence-electron chi connectivity index (χ2n) is 10.1. The Morgan fingerprint density at radius 3 is 2.80 bits per heavy atom. The summed E-state index contributed by atoms with van der Waals surface area (Å²) in [5.41, 5.74) is 4.74. The first-order valence-electron chi connectivity index (χ1n) is 12.9. The molecule has 1 aromatic carbocycles. The van der Waals surface area contributed by atoms with Crippen LogP contribution in [-0.4, -0.2) is 48.1 Å². The van der Waals surface area contributed by atoms with Gasteiger partial charge in [0.15, 0.2) is 0 Å². The molecule has 1 aromatic heterocycles. The summed E-state index contributed by atoms with van der Waals surface area (Å²) in [6.45, 7) is 5.02. The fourth-order valence-corrected chi connectivity index (χ4v) is 5.97. The number of hydrogen-bond acceptors (Lipinski definition) is 5. The summed E-state index contributed by atoms with van der Waals surface area (Å²) in [6.07, 6.45) is 6.94. The molecule has 1 amide bonds. The molecule has 0 N–H and O–H groups in total. The Balaban J connectivity index is 1.39. The van der Waals surface area contributed by atoms with Gasteiger partial charge in [0.05, 0.1) is 30.9 Å². The van der Waals surface area contributed by atoms with Crippen molar-refractivity contribution in [2.45, 2.75) is 70.4 Å². The molecule has 6 nitrogen and oxygen atoms in total. The van der Waals surface area contributed by atoms with E-state index < -0.39 is 0 Å². The first-order chi connectivity index (χ1) is 17.0. The average Bonchev–Trinajstić information content (AvgIpc) is 2.88. The van der Waals surface area contributed by atoms with Crippen molar-refractivity contribution in [3.05, 3.63) is 58.0 Å². The Morgan fingerprint density at radius 2 is 2.06 bits per heavy atom. The van der Waals surface area contributed by atoms with Crippen molar-refractivity contribution in [3.63, 3.8) is 0 Å². The van der Waals surface area contributed by atoms with Gasteiger partial charge in [0.1, 0.15) is 17.7 Å². The number of nitrogens with zero attached hydrogens (tertiary/aromatic N) is 4. The van der Waals surface area contributed by atoms with E-state index in [-0.39, 0.29) is 24.2 Å². The lowest BCUT2D eigenvalue weighted by Crippen LogP contribution is -2.55. The summed E-state index contributed by atoms with van der Waals surface area (Å²) in [5, 5.41) is 10.1. The van der Waals surface area contributed by atoms with E-state index in [1.807, 2.05) is 11.8 Å². The van der Waals surface area contributed by atoms with Crippen LogP contribution in [0.15, 0.2) is 24.3 Å². The van der Waals surface area contributed by atoms with Gasteiger partial charge in [-0.2, -0.15) is 5.26 Å². The lowest BCUT2D eigenvalue weighted by molar-refractivity contribution is -0.132. The number of ether oxygens (including phenoxy) is 1. The van der Waals surface area contributed by atoms with Crippen LogP contribution in [-0.2, 0) is 29.0 Å². The number of fused-ring (bicyclic) bond motifs is 1. The number of carbonyl (C=O) groups is 1. The van der Waals surface area contributed by atoms with Crippen LogP contribution in [0, 0.1) is 17.1 Å². The van der Waals surface area contributed by atoms with Gasteiger partial charge in [-0.15, -0.1) is 0 Å². The molecule has 5 rings (SSSR count). The molecule has 2 aliphatic heterocycles. The minimum absolute atomic E-state index is 0.00157. The highest BCUT2D eigenvalue weighted by atomic mass is 19.1. The van der Waals surface area contributed by atoms with Gasteiger partial charge in [0.2, 0.25) is 5.91 Å². The number of rotatable bonds is 4. The van der Waals surface area contributed by atoms with E-state index >= 15 is 0 Å². The molecule has 0 bridgehead atoms. The smallest absolute Gasteiger partial charge is 0.227 e. The van der Waals surface area contributed by atoms with E-state index in [0.717, 1.165) is 41.9 Å². The van der Waals surface area contributed by atoms with Crippen molar-refractivity contribution < 1.29 is 13.9 Å². The van der Waals surface area contributed by atoms with Gasteiger partial charge in [-0.25, -0.2) is 9.37 Å². The van der Waals surface area contributed by atoms with Crippen molar-refractivity contribution in [1.82, 2.24) is 9.88 Å². The number of amides is 1. The Labute approximate surface area is 206 Å². The molecule has 0 radical (unpaired) electrons. The quantitative estimate of drug-likeness (QED) is 0.650. The molecule has 1 atom stereocenters. The molecular formula is C28H33FN4O2. The molecule has 1 saturated heterocycles. The molecule has 184 valence electrons. The molecule has 35 heavy (non-hydrogen) atoms. The zero-order valence-corrected chi connectivity index (χ0v) is 20.4. The fourth-order valence-electron chi connectivity index (χ4n) is 5.97. The second kappa shape index (κ2) is 10.3. The first-order valence-corrected chi connectivity index (χ1v) is 12.9. The van der Waals surface area contributed by atoms with Gasteiger partial charge in [-0.05, 0) is 49.4 Å². The highest BCUT2D eigenvalue weighted by Gasteiger charge is 2.33. The van der Waals surface area contributed by atoms with Crippen LogP contribution in [0.2, 0.25) is 0 Å². The van der Waals surface area contributed by atoms with Gasteiger partial charge in [-0.1, -0.05) is 31.4 Å². The Kier molecular flexibility index (Phi) is 7.01. The lowest BCUT2D eigenvalue weighted by atomic mass is 9.82. The monoisotopic (exact) mass is 476 g/mol. The standard InChI is InChI=1S/C28H33FN4O2/c1-19-17-32(11-12-33(19)26(34)15-20-6-5-9-22(29)14-20)28-24(16-30)23-10-13-35-18-25(23)27(31-28)21-7-3-2-4-8-21/h5-6,9,14,19,21H,2-4,7-8,10-13,15,17-18H2,1H3/t19-/m1/s1. The normalized spacial score (nSPS) is 20.9. The molecule has 2 aromatic rings. The Bertz CT molecular complexity index is 1140. The molecular weight excluding hydrogens is 443 g/mol. The summed E-state index contributed by atoms with van der Waals surface area (Å²) in [7, 11) is 0. The van der Waals surface area contributed by atoms with Crippen LogP contribution in [0.5, 0.6) is 0 Å². The van der Waals surface area contributed by atoms with Crippen molar-refractivity contribution >= 4 is 11.7 Å². The topological polar surface area (TPSA) is 69.5 Å². The number of anilines is 1. The molecule has 0 spiro atoms. The SMILES string of the molecule is C[C@@H]1CN(c2nc(C3CCCCC3)c3c(c2C#N)CCOC3)CCN1C(=O)Cc1cccc(F)c1. The van der Waals surface area contributed by atoms with Crippen LogP contribution in [0.25, 0.3) is 0 Å². The minimum Gasteiger partial charge on any atom is -0.376 e. The molecule has 0 unspecified atom stereocenters.